The van der Waals surface area contributed by atoms with Gasteiger partial charge in [-0.25, -0.2) is 0 Å². The minimum Gasteiger partial charge on any atom is -0.462 e. The SMILES string of the molecule is CC/C=C/C=C/C=C\C=C/C=C/CCCC(CC(=O)NC(CO)C(O)CCCCCCCCCCCCCCCC)OC(=O)CCCCCCCCCCCC. The first kappa shape index (κ1) is 53.6. The summed E-state index contributed by atoms with van der Waals surface area (Å²) in [7, 11) is 0. The third-order valence-corrected chi connectivity index (χ3v) is 10.5. The minimum atomic E-state index is -0.805. The van der Waals surface area contributed by atoms with Crippen LogP contribution in [0.15, 0.2) is 60.8 Å². The van der Waals surface area contributed by atoms with Crippen LogP contribution in [0.3, 0.4) is 0 Å². The van der Waals surface area contributed by atoms with Crippen LogP contribution < -0.4 is 5.32 Å². The van der Waals surface area contributed by atoms with Crippen LogP contribution in [0.5, 0.6) is 0 Å². The predicted octanol–water partition coefficient (Wildman–Crippen LogP) is 13.7. The Hall–Kier alpha value is -2.44. The lowest BCUT2D eigenvalue weighted by atomic mass is 10.0. The van der Waals surface area contributed by atoms with E-state index in [1.54, 1.807) is 0 Å². The summed E-state index contributed by atoms with van der Waals surface area (Å²) in [6.45, 7) is 6.30. The molecule has 0 aliphatic heterocycles. The van der Waals surface area contributed by atoms with E-state index < -0.39 is 18.2 Å². The molecule has 0 saturated carbocycles. The Balaban J connectivity index is 4.67. The van der Waals surface area contributed by atoms with E-state index in [1.165, 1.54) is 116 Å². The van der Waals surface area contributed by atoms with Crippen molar-refractivity contribution in [3.63, 3.8) is 0 Å². The average Bonchev–Trinajstić information content (AvgIpc) is 3.19. The first-order chi connectivity index (χ1) is 27.5. The second kappa shape index (κ2) is 43.7. The average molecular weight is 784 g/mol. The predicted molar refractivity (Wildman–Crippen MR) is 241 cm³/mol. The zero-order valence-electron chi connectivity index (χ0n) is 36.8. The summed E-state index contributed by atoms with van der Waals surface area (Å²) in [6, 6.07) is -0.723. The van der Waals surface area contributed by atoms with Gasteiger partial charge >= 0.3 is 5.97 Å². The number of carbonyl (C=O) groups excluding carboxylic acids is 2. The molecule has 324 valence electrons. The molecule has 3 unspecified atom stereocenters. The van der Waals surface area contributed by atoms with Crippen molar-refractivity contribution in [2.45, 2.75) is 238 Å². The van der Waals surface area contributed by atoms with Crippen molar-refractivity contribution in [2.24, 2.45) is 0 Å². The van der Waals surface area contributed by atoms with Crippen LogP contribution in [0, 0.1) is 0 Å². The van der Waals surface area contributed by atoms with E-state index in [0.29, 0.717) is 19.3 Å². The maximum atomic E-state index is 13.1. The lowest BCUT2D eigenvalue weighted by Gasteiger charge is -2.24. The van der Waals surface area contributed by atoms with E-state index in [4.69, 9.17) is 4.74 Å². The van der Waals surface area contributed by atoms with Crippen molar-refractivity contribution < 1.29 is 24.5 Å². The zero-order chi connectivity index (χ0) is 41.0. The summed E-state index contributed by atoms with van der Waals surface area (Å²) < 4.78 is 5.86. The Bertz CT molecular complexity index is 1010. The lowest BCUT2D eigenvalue weighted by molar-refractivity contribution is -0.151. The molecule has 0 bridgehead atoms. The van der Waals surface area contributed by atoms with E-state index in [0.717, 1.165) is 57.8 Å². The first-order valence-electron chi connectivity index (χ1n) is 23.6. The number of ether oxygens (including phenoxy) is 1. The highest BCUT2D eigenvalue weighted by molar-refractivity contribution is 5.77. The molecule has 1 amide bonds. The van der Waals surface area contributed by atoms with Gasteiger partial charge in [-0.2, -0.15) is 0 Å². The van der Waals surface area contributed by atoms with Crippen molar-refractivity contribution in [3.05, 3.63) is 60.8 Å². The lowest BCUT2D eigenvalue weighted by Crippen LogP contribution is -2.46. The van der Waals surface area contributed by atoms with Crippen LogP contribution in [0.4, 0.5) is 0 Å². The van der Waals surface area contributed by atoms with Gasteiger partial charge in [0.25, 0.3) is 0 Å². The number of allylic oxidation sites excluding steroid dienone is 10. The molecule has 0 aromatic rings. The van der Waals surface area contributed by atoms with Gasteiger partial charge in [0.1, 0.15) is 6.10 Å². The van der Waals surface area contributed by atoms with E-state index in [-0.39, 0.29) is 24.9 Å². The number of rotatable bonds is 41. The maximum Gasteiger partial charge on any atom is 0.306 e. The molecule has 0 spiro atoms. The van der Waals surface area contributed by atoms with Gasteiger partial charge in [0, 0.05) is 6.42 Å². The van der Waals surface area contributed by atoms with Gasteiger partial charge in [0.2, 0.25) is 5.91 Å². The minimum absolute atomic E-state index is 0.0290. The Kier molecular flexibility index (Phi) is 41.8. The van der Waals surface area contributed by atoms with Gasteiger partial charge < -0.3 is 20.3 Å². The third-order valence-electron chi connectivity index (χ3n) is 10.5. The molecule has 0 radical (unpaired) electrons. The Morgan fingerprint density at radius 3 is 1.43 bits per heavy atom. The number of hydrogen-bond donors (Lipinski definition) is 3. The standard InChI is InChI=1S/C50H89NO5/c1-4-7-10-13-16-19-22-24-26-28-30-33-36-39-42-48(53)47(45-52)51-49(54)44-46(41-38-35-32-29-27-25-23-20-17-14-11-8-5-2)56-50(55)43-40-37-34-31-21-18-15-12-9-6-3/h8,11,14,17,20,23,25,27,29,32,46-48,52-53H,4-7,9-10,12-13,15-16,18-19,21-22,24,26,28,30-31,33-45H2,1-3H3,(H,51,54)/b11-8+,17-14+,23-20-,27-25-,32-29+. The molecule has 0 fully saturated rings. The quantitative estimate of drug-likeness (QED) is 0.0326. The molecule has 0 aromatic carbocycles. The molecule has 0 saturated heterocycles. The van der Waals surface area contributed by atoms with E-state index in [2.05, 4.69) is 38.2 Å². The number of amides is 1. The second-order valence-corrected chi connectivity index (χ2v) is 15.9. The normalized spacial score (nSPS) is 13.9. The number of hydrogen-bond acceptors (Lipinski definition) is 5. The van der Waals surface area contributed by atoms with Gasteiger partial charge in [-0.05, 0) is 38.5 Å². The molecule has 6 nitrogen and oxygen atoms in total. The largest absolute Gasteiger partial charge is 0.462 e. The molecule has 6 heteroatoms. The molecule has 0 heterocycles. The number of esters is 1. The fourth-order valence-electron chi connectivity index (χ4n) is 6.93. The topological polar surface area (TPSA) is 95.9 Å². The van der Waals surface area contributed by atoms with Gasteiger partial charge in [0.15, 0.2) is 0 Å². The summed E-state index contributed by atoms with van der Waals surface area (Å²) in [5, 5.41) is 23.7. The summed E-state index contributed by atoms with van der Waals surface area (Å²) in [5.74, 6) is -0.547. The molecule has 0 aliphatic carbocycles. The zero-order valence-corrected chi connectivity index (χ0v) is 36.8. The maximum absolute atomic E-state index is 13.1. The smallest absolute Gasteiger partial charge is 0.306 e. The van der Waals surface area contributed by atoms with Gasteiger partial charge in [-0.3, -0.25) is 9.59 Å². The van der Waals surface area contributed by atoms with E-state index in [1.807, 2.05) is 48.6 Å². The van der Waals surface area contributed by atoms with Crippen molar-refractivity contribution in [2.75, 3.05) is 6.61 Å². The molecular weight excluding hydrogens is 695 g/mol. The molecule has 3 N–H and O–H groups in total. The summed E-state index contributed by atoms with van der Waals surface area (Å²) in [6.07, 6.45) is 52.8. The van der Waals surface area contributed by atoms with Gasteiger partial charge in [-0.1, -0.05) is 229 Å². The summed E-state index contributed by atoms with van der Waals surface area (Å²) in [4.78, 5) is 26.0. The summed E-state index contributed by atoms with van der Waals surface area (Å²) in [5.41, 5.74) is 0. The van der Waals surface area contributed by atoms with Crippen LogP contribution >= 0.6 is 0 Å². The van der Waals surface area contributed by atoms with Crippen LogP contribution in [0.25, 0.3) is 0 Å². The van der Waals surface area contributed by atoms with E-state index >= 15 is 0 Å². The fourth-order valence-corrected chi connectivity index (χ4v) is 6.93. The van der Waals surface area contributed by atoms with Crippen molar-refractivity contribution in [1.29, 1.82) is 0 Å². The Morgan fingerprint density at radius 2 is 0.964 bits per heavy atom. The highest BCUT2D eigenvalue weighted by Gasteiger charge is 2.24. The fraction of sp³-hybridized carbons (Fsp3) is 0.760. The van der Waals surface area contributed by atoms with Crippen LogP contribution in [0.2, 0.25) is 0 Å². The molecular formula is C50H89NO5. The number of carbonyl (C=O) groups is 2. The second-order valence-electron chi connectivity index (χ2n) is 15.9. The van der Waals surface area contributed by atoms with Crippen molar-refractivity contribution in [3.8, 4) is 0 Å². The first-order valence-corrected chi connectivity index (χ1v) is 23.6. The number of unbranched alkanes of at least 4 members (excludes halogenated alkanes) is 23. The molecule has 56 heavy (non-hydrogen) atoms. The van der Waals surface area contributed by atoms with E-state index in [9.17, 15) is 19.8 Å². The van der Waals surface area contributed by atoms with Gasteiger partial charge in [0.05, 0.1) is 25.2 Å². The number of aliphatic hydroxyl groups is 2. The number of nitrogens with one attached hydrogen (secondary N) is 1. The Morgan fingerprint density at radius 1 is 0.536 bits per heavy atom. The van der Waals surface area contributed by atoms with Crippen LogP contribution in [-0.4, -0.2) is 46.9 Å². The molecule has 0 rings (SSSR count). The third kappa shape index (κ3) is 38.4. The highest BCUT2D eigenvalue weighted by Crippen LogP contribution is 2.17. The van der Waals surface area contributed by atoms with Crippen LogP contribution in [-0.2, 0) is 14.3 Å². The Labute approximate surface area is 346 Å². The van der Waals surface area contributed by atoms with Gasteiger partial charge in [-0.15, -0.1) is 0 Å². The molecule has 0 aliphatic rings. The van der Waals surface area contributed by atoms with Crippen LogP contribution in [0.1, 0.15) is 220 Å². The van der Waals surface area contributed by atoms with Crippen molar-refractivity contribution >= 4 is 11.9 Å². The monoisotopic (exact) mass is 784 g/mol. The highest BCUT2D eigenvalue weighted by atomic mass is 16.5. The molecule has 3 atom stereocenters. The van der Waals surface area contributed by atoms with Crippen molar-refractivity contribution in [1.82, 2.24) is 5.32 Å². The number of aliphatic hydroxyl groups excluding tert-OH is 2. The molecule has 0 aromatic heterocycles. The summed E-state index contributed by atoms with van der Waals surface area (Å²) >= 11 is 0.